The summed E-state index contributed by atoms with van der Waals surface area (Å²) >= 11 is 0. The highest BCUT2D eigenvalue weighted by Gasteiger charge is 2.35. The van der Waals surface area contributed by atoms with Gasteiger partial charge in [0.15, 0.2) is 5.65 Å². The molecule has 8 nitrogen and oxygen atoms in total. The molecule has 42 heavy (non-hydrogen) atoms. The predicted octanol–water partition coefficient (Wildman–Crippen LogP) is 6.00. The Bertz CT molecular complexity index is 1390. The van der Waals surface area contributed by atoms with E-state index in [2.05, 4.69) is 63.5 Å². The molecule has 1 fully saturated rings. The lowest BCUT2D eigenvalue weighted by Crippen LogP contribution is -2.38. The van der Waals surface area contributed by atoms with Gasteiger partial charge in [0.1, 0.15) is 11.5 Å². The summed E-state index contributed by atoms with van der Waals surface area (Å²) in [6.07, 6.45) is 4.71. The van der Waals surface area contributed by atoms with Crippen molar-refractivity contribution in [3.8, 4) is 5.88 Å². The smallest absolute Gasteiger partial charge is 0.317 e. The number of benzene rings is 2. The number of esters is 1. The van der Waals surface area contributed by atoms with Gasteiger partial charge in [-0.05, 0) is 64.2 Å². The lowest BCUT2D eigenvalue weighted by atomic mass is 9.90. The molecule has 222 valence electrons. The number of carbonyl (C=O) groups is 1. The SMILES string of the molecule is CC(C)OC(=O)C(C)(C)c1cn2nc(OCCCN3CCC(OC(c4ccccc4)c4ccccc4)CC3)ccc2n1. The maximum absolute atomic E-state index is 12.6. The summed E-state index contributed by atoms with van der Waals surface area (Å²) in [4.78, 5) is 19.7. The minimum atomic E-state index is -0.874. The summed E-state index contributed by atoms with van der Waals surface area (Å²) in [5, 5.41) is 4.55. The largest absolute Gasteiger partial charge is 0.477 e. The Labute approximate surface area is 248 Å². The first-order valence-electron chi connectivity index (χ1n) is 15.0. The molecule has 8 heteroatoms. The van der Waals surface area contributed by atoms with E-state index < -0.39 is 5.41 Å². The molecule has 0 saturated carbocycles. The molecule has 1 saturated heterocycles. The molecular weight excluding hydrogens is 528 g/mol. The zero-order valence-corrected chi connectivity index (χ0v) is 25.1. The number of hydrogen-bond acceptors (Lipinski definition) is 7. The molecule has 0 N–H and O–H groups in total. The Balaban J connectivity index is 1.08. The van der Waals surface area contributed by atoms with E-state index in [1.54, 1.807) is 10.7 Å². The van der Waals surface area contributed by atoms with Gasteiger partial charge in [0.25, 0.3) is 0 Å². The quantitative estimate of drug-likeness (QED) is 0.153. The number of nitrogens with zero attached hydrogens (tertiary/aromatic N) is 4. The number of piperidine rings is 1. The molecule has 2 aromatic heterocycles. The lowest BCUT2D eigenvalue weighted by Gasteiger charge is -2.34. The van der Waals surface area contributed by atoms with Gasteiger partial charge < -0.3 is 19.1 Å². The fourth-order valence-corrected chi connectivity index (χ4v) is 5.24. The van der Waals surface area contributed by atoms with Gasteiger partial charge >= 0.3 is 5.97 Å². The normalized spacial score (nSPS) is 15.0. The van der Waals surface area contributed by atoms with Gasteiger partial charge in [0.2, 0.25) is 5.88 Å². The number of carbonyl (C=O) groups excluding carboxylic acids is 1. The number of ether oxygens (including phenoxy) is 3. The van der Waals surface area contributed by atoms with Crippen LogP contribution in [0, 0.1) is 0 Å². The van der Waals surface area contributed by atoms with Crippen LogP contribution in [-0.2, 0) is 19.7 Å². The summed E-state index contributed by atoms with van der Waals surface area (Å²) in [5.74, 6) is 0.231. The number of likely N-dealkylation sites (tertiary alicyclic amines) is 1. The van der Waals surface area contributed by atoms with Crippen LogP contribution in [0.4, 0.5) is 0 Å². The number of imidazole rings is 1. The van der Waals surface area contributed by atoms with Crippen molar-refractivity contribution in [3.63, 3.8) is 0 Å². The molecule has 0 radical (unpaired) electrons. The Morgan fingerprint density at radius 2 is 1.60 bits per heavy atom. The Hall–Kier alpha value is -3.75. The minimum absolute atomic E-state index is 0.0475. The first-order chi connectivity index (χ1) is 20.3. The molecule has 1 aliphatic heterocycles. The molecule has 1 aliphatic rings. The summed E-state index contributed by atoms with van der Waals surface area (Å²) in [7, 11) is 0. The van der Waals surface area contributed by atoms with Crippen molar-refractivity contribution in [2.75, 3.05) is 26.2 Å². The van der Waals surface area contributed by atoms with E-state index in [4.69, 9.17) is 14.2 Å². The number of aromatic nitrogens is 3. The van der Waals surface area contributed by atoms with Gasteiger partial charge in [-0.25, -0.2) is 9.50 Å². The van der Waals surface area contributed by atoms with Crippen LogP contribution in [0.2, 0.25) is 0 Å². The topological polar surface area (TPSA) is 78.2 Å². The van der Waals surface area contributed by atoms with E-state index in [1.807, 2.05) is 52.0 Å². The molecule has 0 atom stereocenters. The predicted molar refractivity (Wildman–Crippen MR) is 163 cm³/mol. The van der Waals surface area contributed by atoms with E-state index in [0.29, 0.717) is 23.8 Å². The fourth-order valence-electron chi connectivity index (χ4n) is 5.24. The minimum Gasteiger partial charge on any atom is -0.477 e. The number of hydrogen-bond donors (Lipinski definition) is 0. The number of rotatable bonds is 12. The van der Waals surface area contributed by atoms with E-state index in [9.17, 15) is 4.79 Å². The summed E-state index contributed by atoms with van der Waals surface area (Å²) in [6, 6.07) is 24.7. The van der Waals surface area contributed by atoms with Crippen LogP contribution in [0.3, 0.4) is 0 Å². The van der Waals surface area contributed by atoms with E-state index >= 15 is 0 Å². The van der Waals surface area contributed by atoms with Crippen LogP contribution in [-0.4, -0.2) is 63.9 Å². The van der Waals surface area contributed by atoms with Crippen LogP contribution in [0.1, 0.15) is 69.9 Å². The van der Waals surface area contributed by atoms with Gasteiger partial charge in [0, 0.05) is 25.7 Å². The fraction of sp³-hybridized carbons (Fsp3) is 0.441. The second-order valence-corrected chi connectivity index (χ2v) is 11.8. The molecule has 0 bridgehead atoms. The van der Waals surface area contributed by atoms with Crippen molar-refractivity contribution in [2.45, 2.75) is 70.7 Å². The Morgan fingerprint density at radius 3 is 2.21 bits per heavy atom. The second kappa shape index (κ2) is 13.5. The van der Waals surface area contributed by atoms with Crippen LogP contribution >= 0.6 is 0 Å². The highest BCUT2D eigenvalue weighted by atomic mass is 16.5. The van der Waals surface area contributed by atoms with Gasteiger partial charge in [0.05, 0.1) is 30.7 Å². The van der Waals surface area contributed by atoms with Crippen molar-refractivity contribution in [2.24, 2.45) is 0 Å². The molecule has 2 aromatic carbocycles. The summed E-state index contributed by atoms with van der Waals surface area (Å²) < 4.78 is 19.7. The van der Waals surface area contributed by atoms with E-state index in [0.717, 1.165) is 38.9 Å². The first kappa shape index (κ1) is 29.7. The van der Waals surface area contributed by atoms with Gasteiger partial charge in [-0.2, -0.15) is 0 Å². The standard InChI is InChI=1S/C34H42N4O4/c1-25(2)41-33(39)34(3,4)29-24-38-30(35-29)16-17-31(36-38)40-23-11-20-37-21-18-28(19-22-37)42-32(26-12-7-5-8-13-26)27-14-9-6-10-15-27/h5-10,12-17,24-25,28,32H,11,18-23H2,1-4H3. The van der Waals surface area contributed by atoms with Gasteiger partial charge in [-0.3, -0.25) is 4.79 Å². The zero-order chi connectivity index (χ0) is 29.5. The van der Waals surface area contributed by atoms with Crippen LogP contribution in [0.15, 0.2) is 79.0 Å². The van der Waals surface area contributed by atoms with E-state index in [1.165, 1.54) is 11.1 Å². The van der Waals surface area contributed by atoms with Crippen molar-refractivity contribution in [1.82, 2.24) is 19.5 Å². The molecule has 4 aromatic rings. The van der Waals surface area contributed by atoms with Crippen LogP contribution < -0.4 is 4.74 Å². The summed E-state index contributed by atoms with van der Waals surface area (Å²) in [6.45, 7) is 10.9. The lowest BCUT2D eigenvalue weighted by molar-refractivity contribution is -0.153. The average molecular weight is 571 g/mol. The number of fused-ring (bicyclic) bond motifs is 1. The Kier molecular flexibility index (Phi) is 9.55. The molecular formula is C34H42N4O4. The van der Waals surface area contributed by atoms with Crippen LogP contribution in [0.25, 0.3) is 5.65 Å². The highest BCUT2D eigenvalue weighted by molar-refractivity contribution is 5.81. The van der Waals surface area contributed by atoms with Crippen molar-refractivity contribution in [1.29, 1.82) is 0 Å². The maximum Gasteiger partial charge on any atom is 0.317 e. The monoisotopic (exact) mass is 570 g/mol. The molecule has 0 unspecified atom stereocenters. The third kappa shape index (κ3) is 7.36. The van der Waals surface area contributed by atoms with Crippen molar-refractivity contribution in [3.05, 3.63) is 95.8 Å². The third-order valence-corrected chi connectivity index (χ3v) is 7.73. The molecule has 5 rings (SSSR count). The zero-order valence-electron chi connectivity index (χ0n) is 25.1. The Morgan fingerprint density at radius 1 is 0.952 bits per heavy atom. The molecule has 0 aliphatic carbocycles. The van der Waals surface area contributed by atoms with Crippen molar-refractivity contribution >= 4 is 11.6 Å². The first-order valence-corrected chi connectivity index (χ1v) is 15.0. The van der Waals surface area contributed by atoms with Gasteiger partial charge in [-0.15, -0.1) is 5.10 Å². The molecule has 0 spiro atoms. The van der Waals surface area contributed by atoms with E-state index in [-0.39, 0.29) is 24.3 Å². The summed E-state index contributed by atoms with van der Waals surface area (Å²) in [5.41, 5.74) is 2.79. The van der Waals surface area contributed by atoms with Crippen molar-refractivity contribution < 1.29 is 19.0 Å². The second-order valence-electron chi connectivity index (χ2n) is 11.8. The van der Waals surface area contributed by atoms with Crippen LogP contribution in [0.5, 0.6) is 5.88 Å². The molecule has 0 amide bonds. The average Bonchev–Trinajstić information content (AvgIpc) is 3.44. The molecule has 3 heterocycles. The third-order valence-electron chi connectivity index (χ3n) is 7.73. The highest BCUT2D eigenvalue weighted by Crippen LogP contribution is 2.30. The van der Waals surface area contributed by atoms with Gasteiger partial charge in [-0.1, -0.05) is 60.7 Å². The maximum atomic E-state index is 12.6.